The number of halogens is 1. The third-order valence-corrected chi connectivity index (χ3v) is 4.18. The molecule has 1 N–H and O–H groups in total. The standard InChI is InChI=1S/C13H14ClNO4/c14-11-4-3-10(19-11)12(16)15-5-8(7-1-2-7)9(6-15)13(17)18/h3-4,7-9H,1-2,5-6H2,(H,17,18)/t8-,9+/m1/s1. The molecule has 6 heteroatoms. The average molecular weight is 284 g/mol. The zero-order valence-corrected chi connectivity index (χ0v) is 11.0. The monoisotopic (exact) mass is 283 g/mol. The number of carbonyl (C=O) groups excluding carboxylic acids is 1. The van der Waals surface area contributed by atoms with Crippen molar-refractivity contribution in [2.75, 3.05) is 13.1 Å². The van der Waals surface area contributed by atoms with Crippen molar-refractivity contribution in [3.05, 3.63) is 23.1 Å². The van der Waals surface area contributed by atoms with Crippen LogP contribution in [0.3, 0.4) is 0 Å². The summed E-state index contributed by atoms with van der Waals surface area (Å²) in [5.74, 6) is -0.843. The lowest BCUT2D eigenvalue weighted by Gasteiger charge is -2.14. The SMILES string of the molecule is O=C(O)[C@H]1CN(C(=O)c2ccc(Cl)o2)C[C@@H]1C1CC1. The Labute approximate surface area is 115 Å². The van der Waals surface area contributed by atoms with Crippen molar-refractivity contribution < 1.29 is 19.1 Å². The van der Waals surface area contributed by atoms with Crippen LogP contribution in [0.15, 0.2) is 16.5 Å². The molecule has 0 bridgehead atoms. The van der Waals surface area contributed by atoms with E-state index in [4.69, 9.17) is 16.0 Å². The number of aliphatic carboxylic acids is 1. The lowest BCUT2D eigenvalue weighted by molar-refractivity contribution is -0.142. The molecule has 1 saturated carbocycles. The van der Waals surface area contributed by atoms with E-state index in [1.54, 1.807) is 4.90 Å². The second-order valence-corrected chi connectivity index (χ2v) is 5.63. The number of carbonyl (C=O) groups is 2. The Bertz CT molecular complexity index is 522. The molecule has 102 valence electrons. The van der Waals surface area contributed by atoms with Crippen LogP contribution in [-0.2, 0) is 4.79 Å². The molecule has 0 unspecified atom stereocenters. The molecule has 0 aromatic carbocycles. The summed E-state index contributed by atoms with van der Waals surface area (Å²) in [7, 11) is 0. The maximum atomic E-state index is 12.2. The maximum absolute atomic E-state index is 12.2. The second kappa shape index (κ2) is 4.56. The van der Waals surface area contributed by atoms with Crippen molar-refractivity contribution in [2.45, 2.75) is 12.8 Å². The van der Waals surface area contributed by atoms with Gasteiger partial charge in [-0.1, -0.05) is 0 Å². The van der Waals surface area contributed by atoms with Gasteiger partial charge in [0, 0.05) is 13.1 Å². The van der Waals surface area contributed by atoms with Gasteiger partial charge in [0.15, 0.2) is 11.0 Å². The zero-order chi connectivity index (χ0) is 13.6. The first-order valence-electron chi connectivity index (χ1n) is 6.33. The number of hydrogen-bond donors (Lipinski definition) is 1. The molecule has 2 heterocycles. The topological polar surface area (TPSA) is 70.8 Å². The van der Waals surface area contributed by atoms with Gasteiger partial charge in [0.05, 0.1) is 5.92 Å². The number of amides is 1. The molecule has 2 fully saturated rings. The van der Waals surface area contributed by atoms with E-state index < -0.39 is 11.9 Å². The Morgan fingerprint density at radius 1 is 1.32 bits per heavy atom. The predicted octanol–water partition coefficient (Wildman–Crippen LogP) is 2.12. The van der Waals surface area contributed by atoms with Gasteiger partial charge in [-0.2, -0.15) is 0 Å². The predicted molar refractivity (Wildman–Crippen MR) is 67.0 cm³/mol. The van der Waals surface area contributed by atoms with Gasteiger partial charge in [0.2, 0.25) is 0 Å². The first kappa shape index (κ1) is 12.5. The summed E-state index contributed by atoms with van der Waals surface area (Å²) in [6.45, 7) is 0.756. The van der Waals surface area contributed by atoms with Crippen LogP contribution < -0.4 is 0 Å². The summed E-state index contributed by atoms with van der Waals surface area (Å²) < 4.78 is 5.09. The van der Waals surface area contributed by atoms with Crippen LogP contribution in [0.5, 0.6) is 0 Å². The van der Waals surface area contributed by atoms with E-state index in [-0.39, 0.29) is 29.3 Å². The molecule has 5 nitrogen and oxygen atoms in total. The molecule has 3 rings (SSSR count). The average Bonchev–Trinajstić information content (AvgIpc) is 2.96. The molecule has 0 radical (unpaired) electrons. The van der Waals surface area contributed by atoms with Gasteiger partial charge in [-0.25, -0.2) is 0 Å². The van der Waals surface area contributed by atoms with E-state index in [1.165, 1.54) is 12.1 Å². The smallest absolute Gasteiger partial charge is 0.308 e. The normalized spacial score (nSPS) is 26.7. The Balaban J connectivity index is 1.75. The van der Waals surface area contributed by atoms with E-state index >= 15 is 0 Å². The van der Waals surface area contributed by atoms with Crippen LogP contribution in [0.2, 0.25) is 5.22 Å². The lowest BCUT2D eigenvalue weighted by Crippen LogP contribution is -2.29. The second-order valence-electron chi connectivity index (χ2n) is 5.26. The molecule has 19 heavy (non-hydrogen) atoms. The number of carboxylic acids is 1. The maximum Gasteiger partial charge on any atom is 0.308 e. The highest BCUT2D eigenvalue weighted by atomic mass is 35.5. The largest absolute Gasteiger partial charge is 0.481 e. The number of rotatable bonds is 3. The van der Waals surface area contributed by atoms with E-state index in [9.17, 15) is 14.7 Å². The molecule has 1 saturated heterocycles. The van der Waals surface area contributed by atoms with Gasteiger partial charge in [-0.15, -0.1) is 0 Å². The fourth-order valence-corrected chi connectivity index (χ4v) is 2.99. The van der Waals surface area contributed by atoms with E-state index in [1.807, 2.05) is 0 Å². The lowest BCUT2D eigenvalue weighted by atomic mass is 9.92. The summed E-state index contributed by atoms with van der Waals surface area (Å²) in [6, 6.07) is 3.03. The minimum atomic E-state index is -0.815. The molecule has 1 aliphatic carbocycles. The van der Waals surface area contributed by atoms with Gasteiger partial charge in [0.25, 0.3) is 5.91 Å². The number of carboxylic acid groups (broad SMARTS) is 1. The molecule has 1 aliphatic heterocycles. The van der Waals surface area contributed by atoms with Crippen molar-refractivity contribution in [3.63, 3.8) is 0 Å². The molecule has 1 amide bonds. The summed E-state index contributed by atoms with van der Waals surface area (Å²) in [5.41, 5.74) is 0. The Kier molecular flexibility index (Phi) is 3.01. The quantitative estimate of drug-likeness (QED) is 0.922. The summed E-state index contributed by atoms with van der Waals surface area (Å²) >= 11 is 5.65. The van der Waals surface area contributed by atoms with Crippen LogP contribution >= 0.6 is 11.6 Å². The molecule has 0 spiro atoms. The third kappa shape index (κ3) is 2.34. The Morgan fingerprint density at radius 3 is 2.58 bits per heavy atom. The summed E-state index contributed by atoms with van der Waals surface area (Å²) in [5, 5.41) is 9.42. The van der Waals surface area contributed by atoms with Crippen LogP contribution in [0.25, 0.3) is 0 Å². The third-order valence-electron chi connectivity index (χ3n) is 3.98. The van der Waals surface area contributed by atoms with Gasteiger partial charge in [-0.05, 0) is 48.4 Å². The number of furan rings is 1. The Hall–Kier alpha value is -1.49. The minimum Gasteiger partial charge on any atom is -0.481 e. The first-order chi connectivity index (χ1) is 9.06. The first-order valence-corrected chi connectivity index (χ1v) is 6.71. The molecular weight excluding hydrogens is 270 g/mol. The van der Waals surface area contributed by atoms with Crippen LogP contribution in [-0.4, -0.2) is 35.0 Å². The summed E-state index contributed by atoms with van der Waals surface area (Å²) in [4.78, 5) is 25.0. The van der Waals surface area contributed by atoms with E-state index in [0.717, 1.165) is 12.8 Å². The van der Waals surface area contributed by atoms with Crippen molar-refractivity contribution >= 4 is 23.5 Å². The van der Waals surface area contributed by atoms with Crippen molar-refractivity contribution in [1.82, 2.24) is 4.90 Å². The fourth-order valence-electron chi connectivity index (χ4n) is 2.84. The van der Waals surface area contributed by atoms with E-state index in [2.05, 4.69) is 0 Å². The van der Waals surface area contributed by atoms with Crippen molar-refractivity contribution in [3.8, 4) is 0 Å². The number of nitrogens with zero attached hydrogens (tertiary/aromatic N) is 1. The van der Waals surface area contributed by atoms with Crippen molar-refractivity contribution in [2.24, 2.45) is 17.8 Å². The highest BCUT2D eigenvalue weighted by Crippen LogP contribution is 2.44. The molecule has 2 atom stereocenters. The van der Waals surface area contributed by atoms with Crippen LogP contribution in [0.1, 0.15) is 23.4 Å². The zero-order valence-electron chi connectivity index (χ0n) is 10.2. The van der Waals surface area contributed by atoms with Crippen LogP contribution in [0.4, 0.5) is 0 Å². The highest BCUT2D eigenvalue weighted by molar-refractivity contribution is 6.29. The molecule has 1 aromatic rings. The fraction of sp³-hybridized carbons (Fsp3) is 0.538. The minimum absolute atomic E-state index is 0.0758. The number of hydrogen-bond acceptors (Lipinski definition) is 3. The van der Waals surface area contributed by atoms with Gasteiger partial charge in [0.1, 0.15) is 0 Å². The Morgan fingerprint density at radius 2 is 2.05 bits per heavy atom. The number of likely N-dealkylation sites (tertiary alicyclic amines) is 1. The molecule has 2 aliphatic rings. The van der Waals surface area contributed by atoms with Gasteiger partial charge >= 0.3 is 5.97 Å². The van der Waals surface area contributed by atoms with Crippen LogP contribution in [0, 0.1) is 17.8 Å². The van der Waals surface area contributed by atoms with Crippen molar-refractivity contribution in [1.29, 1.82) is 0 Å². The van der Waals surface area contributed by atoms with E-state index in [0.29, 0.717) is 12.5 Å². The highest BCUT2D eigenvalue weighted by Gasteiger charge is 2.47. The summed E-state index contributed by atoms with van der Waals surface area (Å²) in [6.07, 6.45) is 2.14. The molecule has 1 aromatic heterocycles. The van der Waals surface area contributed by atoms with Gasteiger partial charge < -0.3 is 14.4 Å². The van der Waals surface area contributed by atoms with Gasteiger partial charge in [-0.3, -0.25) is 9.59 Å². The molecular formula is C13H14ClNO4.